The van der Waals surface area contributed by atoms with Crippen LogP contribution in [0, 0.1) is 5.41 Å². The van der Waals surface area contributed by atoms with Gasteiger partial charge < -0.3 is 14.6 Å². The van der Waals surface area contributed by atoms with E-state index in [0.29, 0.717) is 0 Å². The molecule has 0 atom stereocenters. The zero-order valence-electron chi connectivity index (χ0n) is 9.79. The summed E-state index contributed by atoms with van der Waals surface area (Å²) in [7, 11) is 1.34. The second-order valence-corrected chi connectivity index (χ2v) is 4.72. The number of hydrogen-bond acceptors (Lipinski definition) is 4. The van der Waals surface area contributed by atoms with Crippen molar-refractivity contribution in [3.63, 3.8) is 0 Å². The first kappa shape index (κ1) is 13.0. The molecule has 92 valence electrons. The van der Waals surface area contributed by atoms with Gasteiger partial charge in [0.1, 0.15) is 0 Å². The Kier molecular flexibility index (Phi) is 4.77. The number of rotatable bonds is 4. The molecule has 1 saturated carbocycles. The van der Waals surface area contributed by atoms with E-state index in [2.05, 4.69) is 4.74 Å². The Labute approximate surface area is 96.0 Å². The number of carboxylic acids is 1. The van der Waals surface area contributed by atoms with Crippen molar-refractivity contribution < 1.29 is 19.4 Å². The second kappa shape index (κ2) is 5.87. The maximum absolute atomic E-state index is 11.3. The quantitative estimate of drug-likeness (QED) is 0.531. The Bertz CT molecular complexity index is 252. The molecule has 0 radical (unpaired) electrons. The molecule has 0 heterocycles. The van der Waals surface area contributed by atoms with Gasteiger partial charge in [0.2, 0.25) is 0 Å². The lowest BCUT2D eigenvalue weighted by atomic mass is 9.75. The average Bonchev–Trinajstić information content (AvgIpc) is 2.42. The van der Waals surface area contributed by atoms with Crippen molar-refractivity contribution in [3.05, 3.63) is 0 Å². The Hall–Kier alpha value is -1.06. The fourth-order valence-corrected chi connectivity index (χ4v) is 2.58. The van der Waals surface area contributed by atoms with Crippen LogP contribution in [-0.4, -0.2) is 19.0 Å². The summed E-state index contributed by atoms with van der Waals surface area (Å²) in [5.41, 5.74) is -0.428. The smallest absolute Gasteiger partial charge is 0.306 e. The molecule has 0 bridgehead atoms. The van der Waals surface area contributed by atoms with Gasteiger partial charge in [-0.15, -0.1) is 0 Å². The molecule has 0 unspecified atom stereocenters. The molecule has 1 aliphatic rings. The van der Waals surface area contributed by atoms with Crippen LogP contribution in [0.2, 0.25) is 0 Å². The van der Waals surface area contributed by atoms with Gasteiger partial charge in [0.15, 0.2) is 0 Å². The molecule has 4 heteroatoms. The molecule has 0 aromatic rings. The van der Waals surface area contributed by atoms with E-state index in [1.54, 1.807) is 0 Å². The predicted molar refractivity (Wildman–Crippen MR) is 56.4 cm³/mol. The van der Waals surface area contributed by atoms with Gasteiger partial charge in [0.05, 0.1) is 13.5 Å². The molecule has 1 aliphatic carbocycles. The molecular formula is C12H19O4-. The molecule has 0 amide bonds. The van der Waals surface area contributed by atoms with E-state index in [1.165, 1.54) is 7.11 Å². The normalized spacial score (nSPS) is 19.8. The van der Waals surface area contributed by atoms with E-state index >= 15 is 0 Å². The van der Waals surface area contributed by atoms with Crippen LogP contribution in [0.25, 0.3) is 0 Å². The van der Waals surface area contributed by atoms with Crippen LogP contribution in [-0.2, 0) is 14.3 Å². The molecule has 4 nitrogen and oxygen atoms in total. The highest BCUT2D eigenvalue weighted by Gasteiger charge is 2.33. The van der Waals surface area contributed by atoms with E-state index in [4.69, 9.17) is 0 Å². The first-order valence-corrected chi connectivity index (χ1v) is 5.85. The fourth-order valence-electron chi connectivity index (χ4n) is 2.58. The Morgan fingerprint density at radius 1 is 1.12 bits per heavy atom. The highest BCUT2D eigenvalue weighted by molar-refractivity contribution is 5.72. The lowest BCUT2D eigenvalue weighted by Crippen LogP contribution is -2.34. The van der Waals surface area contributed by atoms with Crippen molar-refractivity contribution in [3.8, 4) is 0 Å². The first-order chi connectivity index (χ1) is 7.58. The number of methoxy groups -OCH3 is 1. The summed E-state index contributed by atoms with van der Waals surface area (Å²) in [6.07, 6.45) is 5.98. The largest absolute Gasteiger partial charge is 0.550 e. The van der Waals surface area contributed by atoms with Crippen molar-refractivity contribution in [1.29, 1.82) is 0 Å². The molecule has 1 rings (SSSR count). The summed E-state index contributed by atoms with van der Waals surface area (Å²) in [5.74, 6) is -1.38. The molecule has 0 saturated heterocycles. The third-order valence-corrected chi connectivity index (χ3v) is 3.43. The molecule has 16 heavy (non-hydrogen) atoms. The first-order valence-electron chi connectivity index (χ1n) is 5.85. The van der Waals surface area contributed by atoms with Crippen LogP contribution in [0.1, 0.15) is 51.4 Å². The Morgan fingerprint density at radius 3 is 2.12 bits per heavy atom. The highest BCUT2D eigenvalue weighted by Crippen LogP contribution is 2.41. The van der Waals surface area contributed by atoms with Crippen molar-refractivity contribution in [2.45, 2.75) is 51.4 Å². The number of carbonyl (C=O) groups is 2. The van der Waals surface area contributed by atoms with Crippen LogP contribution < -0.4 is 5.11 Å². The van der Waals surface area contributed by atoms with E-state index < -0.39 is 11.4 Å². The molecule has 0 N–H and O–H groups in total. The van der Waals surface area contributed by atoms with E-state index in [9.17, 15) is 14.7 Å². The van der Waals surface area contributed by atoms with Gasteiger partial charge >= 0.3 is 5.97 Å². The van der Waals surface area contributed by atoms with Crippen LogP contribution in [0.15, 0.2) is 0 Å². The van der Waals surface area contributed by atoms with Crippen molar-refractivity contribution >= 4 is 11.9 Å². The monoisotopic (exact) mass is 227 g/mol. The lowest BCUT2D eigenvalue weighted by Gasteiger charge is -2.32. The maximum atomic E-state index is 11.3. The zero-order valence-corrected chi connectivity index (χ0v) is 9.79. The number of ether oxygens (including phenoxy) is 1. The van der Waals surface area contributed by atoms with Gasteiger partial charge in [-0.3, -0.25) is 4.79 Å². The number of aliphatic carboxylic acids is 1. The highest BCUT2D eigenvalue weighted by atomic mass is 16.5. The number of esters is 1. The lowest BCUT2D eigenvalue weighted by molar-refractivity contribution is -0.308. The van der Waals surface area contributed by atoms with Crippen LogP contribution in [0.5, 0.6) is 0 Å². The maximum Gasteiger partial charge on any atom is 0.306 e. The van der Waals surface area contributed by atoms with Gasteiger partial charge in [-0.05, 0) is 24.7 Å². The summed E-state index contributed by atoms with van der Waals surface area (Å²) in [6, 6.07) is 0. The minimum Gasteiger partial charge on any atom is -0.550 e. The van der Waals surface area contributed by atoms with Crippen LogP contribution >= 0.6 is 0 Å². The number of carboxylic acid groups (broad SMARTS) is 1. The van der Waals surface area contributed by atoms with E-state index in [1.807, 2.05) is 0 Å². The molecule has 0 aromatic carbocycles. The van der Waals surface area contributed by atoms with Crippen LogP contribution in [0.3, 0.4) is 0 Å². The third-order valence-electron chi connectivity index (χ3n) is 3.43. The summed E-state index contributed by atoms with van der Waals surface area (Å²) in [5, 5.41) is 10.8. The second-order valence-electron chi connectivity index (χ2n) is 4.72. The van der Waals surface area contributed by atoms with Gasteiger partial charge in [-0.1, -0.05) is 25.7 Å². The van der Waals surface area contributed by atoms with E-state index in [-0.39, 0.29) is 18.8 Å². The van der Waals surface area contributed by atoms with Gasteiger partial charge in [-0.2, -0.15) is 0 Å². The average molecular weight is 227 g/mol. The van der Waals surface area contributed by atoms with Gasteiger partial charge in [-0.25, -0.2) is 0 Å². The summed E-state index contributed by atoms with van der Waals surface area (Å²) < 4.78 is 4.65. The van der Waals surface area contributed by atoms with Crippen molar-refractivity contribution in [1.82, 2.24) is 0 Å². The number of hydrogen-bond donors (Lipinski definition) is 0. The van der Waals surface area contributed by atoms with Crippen molar-refractivity contribution in [2.24, 2.45) is 5.41 Å². The Balaban J connectivity index is 2.72. The molecular weight excluding hydrogens is 208 g/mol. The molecule has 0 aliphatic heterocycles. The van der Waals surface area contributed by atoms with Gasteiger partial charge in [0.25, 0.3) is 0 Å². The van der Waals surface area contributed by atoms with Crippen molar-refractivity contribution in [2.75, 3.05) is 7.11 Å². The topological polar surface area (TPSA) is 66.4 Å². The predicted octanol–water partition coefficient (Wildman–Crippen LogP) is 1.03. The third kappa shape index (κ3) is 3.83. The van der Waals surface area contributed by atoms with Crippen LogP contribution in [0.4, 0.5) is 0 Å². The fraction of sp³-hybridized carbons (Fsp3) is 0.833. The summed E-state index contributed by atoms with van der Waals surface area (Å²) in [6.45, 7) is 0. The molecule has 0 aromatic heterocycles. The minimum atomic E-state index is -1.06. The van der Waals surface area contributed by atoms with Gasteiger partial charge in [0, 0.05) is 5.97 Å². The molecule has 1 fully saturated rings. The van der Waals surface area contributed by atoms with E-state index in [0.717, 1.165) is 38.5 Å². The molecule has 0 spiro atoms. The SMILES string of the molecule is COC(=O)CC1(CC(=O)[O-])CCCCCC1. The number of carbonyl (C=O) groups excluding carboxylic acids is 2. The summed E-state index contributed by atoms with van der Waals surface area (Å²) in [4.78, 5) is 22.1. The summed E-state index contributed by atoms with van der Waals surface area (Å²) >= 11 is 0. The Morgan fingerprint density at radius 2 is 1.69 bits per heavy atom. The standard InChI is InChI=1S/C12H20O4/c1-16-11(15)9-12(8-10(13)14)6-4-2-3-5-7-12/h2-9H2,1H3,(H,13,14)/p-1. The zero-order chi connectivity index (χ0) is 12.0. The minimum absolute atomic E-state index is 0.0257.